The summed E-state index contributed by atoms with van der Waals surface area (Å²) in [5.41, 5.74) is 3.79. The highest BCUT2D eigenvalue weighted by atomic mass is 32.1. The van der Waals surface area contributed by atoms with Gasteiger partial charge >= 0.3 is 5.97 Å². The van der Waals surface area contributed by atoms with E-state index in [1.807, 2.05) is 25.1 Å². The van der Waals surface area contributed by atoms with Gasteiger partial charge in [-0.1, -0.05) is 0 Å². The van der Waals surface area contributed by atoms with E-state index in [9.17, 15) is 9.59 Å². The summed E-state index contributed by atoms with van der Waals surface area (Å²) in [5, 5.41) is 2.80. The number of hydrogen-bond donors (Lipinski definition) is 3. The number of fused-ring (bicyclic) bond motifs is 1. The van der Waals surface area contributed by atoms with Gasteiger partial charge < -0.3 is 15.0 Å². The van der Waals surface area contributed by atoms with Crippen LogP contribution in [-0.4, -0.2) is 23.5 Å². The highest BCUT2D eigenvalue weighted by Gasteiger charge is 2.25. The van der Waals surface area contributed by atoms with E-state index in [0.717, 1.165) is 21.8 Å². The molecule has 1 amide bonds. The second kappa shape index (κ2) is 5.96. The van der Waals surface area contributed by atoms with E-state index in [-0.39, 0.29) is 5.91 Å². The zero-order valence-electron chi connectivity index (χ0n) is 12.8. The number of aromatic nitrogens is 1. The lowest BCUT2D eigenvalue weighted by atomic mass is 10.0. The number of amides is 1. The number of aromatic amines is 1. The van der Waals surface area contributed by atoms with Gasteiger partial charge in [-0.2, -0.15) is 0 Å². The number of hydrogen-bond acceptors (Lipinski definition) is 4. The standard InChI is InChI=1S/C17H16N2O3S/c1-3-22-17(21)13-6-9(2)18-15(13)8-12-11-7-10(23)4-5-14(11)19-16(12)20/h4-8,18,23H,3H2,1-2H3,(H,19,20)/b12-8-. The van der Waals surface area contributed by atoms with Crippen molar-refractivity contribution in [3.8, 4) is 0 Å². The molecule has 0 unspecified atom stereocenters. The first kappa shape index (κ1) is 15.4. The SMILES string of the molecule is CCOC(=O)c1cc(C)[nH]c1/C=C1\C(=O)Nc2ccc(S)cc21. The van der Waals surface area contributed by atoms with Crippen molar-refractivity contribution in [1.29, 1.82) is 0 Å². The van der Waals surface area contributed by atoms with Gasteiger partial charge in [-0.15, -0.1) is 12.6 Å². The van der Waals surface area contributed by atoms with Crippen LogP contribution in [0.5, 0.6) is 0 Å². The Kier molecular flexibility index (Phi) is 4.00. The first-order valence-electron chi connectivity index (χ1n) is 7.22. The fourth-order valence-corrected chi connectivity index (χ4v) is 2.77. The summed E-state index contributed by atoms with van der Waals surface area (Å²) in [6.45, 7) is 3.90. The van der Waals surface area contributed by atoms with Crippen LogP contribution in [0.4, 0.5) is 5.69 Å². The summed E-state index contributed by atoms with van der Waals surface area (Å²) in [4.78, 5) is 28.1. The van der Waals surface area contributed by atoms with Crippen molar-refractivity contribution in [3.05, 3.63) is 46.8 Å². The molecule has 118 valence electrons. The number of rotatable bonds is 3. The Morgan fingerprint density at radius 1 is 1.35 bits per heavy atom. The van der Waals surface area contributed by atoms with E-state index >= 15 is 0 Å². The fourth-order valence-electron chi connectivity index (χ4n) is 2.57. The van der Waals surface area contributed by atoms with Crippen molar-refractivity contribution in [2.24, 2.45) is 0 Å². The molecule has 2 N–H and O–H groups in total. The van der Waals surface area contributed by atoms with Crippen molar-refractivity contribution in [2.45, 2.75) is 18.7 Å². The largest absolute Gasteiger partial charge is 0.462 e. The normalized spacial score (nSPS) is 14.7. The summed E-state index contributed by atoms with van der Waals surface area (Å²) in [6, 6.07) is 7.16. The summed E-state index contributed by atoms with van der Waals surface area (Å²) < 4.78 is 5.06. The van der Waals surface area contributed by atoms with Gasteiger partial charge in [0.2, 0.25) is 0 Å². The molecule has 0 saturated heterocycles. The smallest absolute Gasteiger partial charge is 0.340 e. The number of carbonyl (C=O) groups is 2. The fraction of sp³-hybridized carbons (Fsp3) is 0.176. The zero-order valence-corrected chi connectivity index (χ0v) is 13.7. The number of aryl methyl sites for hydroxylation is 1. The van der Waals surface area contributed by atoms with Crippen LogP contribution in [0.25, 0.3) is 11.6 Å². The molecular weight excluding hydrogens is 312 g/mol. The lowest BCUT2D eigenvalue weighted by Crippen LogP contribution is -2.06. The average Bonchev–Trinajstić information content (AvgIpc) is 3.01. The van der Waals surface area contributed by atoms with Crippen molar-refractivity contribution < 1.29 is 14.3 Å². The maximum atomic E-state index is 12.2. The number of carbonyl (C=O) groups excluding carboxylic acids is 2. The molecule has 23 heavy (non-hydrogen) atoms. The molecule has 1 aliphatic rings. The van der Waals surface area contributed by atoms with Gasteiger partial charge in [0, 0.05) is 21.8 Å². The van der Waals surface area contributed by atoms with E-state index in [2.05, 4.69) is 22.9 Å². The Balaban J connectivity index is 2.08. The second-order valence-corrected chi connectivity index (χ2v) is 5.76. The zero-order chi connectivity index (χ0) is 16.6. The van der Waals surface area contributed by atoms with Crippen LogP contribution >= 0.6 is 12.6 Å². The average molecular weight is 328 g/mol. The third kappa shape index (κ3) is 2.90. The maximum absolute atomic E-state index is 12.2. The molecule has 0 bridgehead atoms. The van der Waals surface area contributed by atoms with Crippen LogP contribution in [0.1, 0.15) is 34.2 Å². The van der Waals surface area contributed by atoms with Crippen molar-refractivity contribution >= 4 is 41.8 Å². The van der Waals surface area contributed by atoms with Crippen LogP contribution < -0.4 is 5.32 Å². The van der Waals surface area contributed by atoms with Crippen LogP contribution in [0.15, 0.2) is 29.2 Å². The highest BCUT2D eigenvalue weighted by molar-refractivity contribution is 7.80. The predicted molar refractivity (Wildman–Crippen MR) is 91.7 cm³/mol. The Hall–Kier alpha value is -2.47. The third-order valence-corrected chi connectivity index (χ3v) is 3.83. The number of thiol groups is 1. The molecule has 0 spiro atoms. The minimum atomic E-state index is -0.412. The van der Waals surface area contributed by atoms with E-state index < -0.39 is 5.97 Å². The molecule has 1 aromatic heterocycles. The molecule has 0 radical (unpaired) electrons. The number of anilines is 1. The number of H-pyrrole nitrogens is 1. The third-order valence-electron chi connectivity index (χ3n) is 3.55. The molecule has 0 fully saturated rings. The van der Waals surface area contributed by atoms with E-state index in [1.54, 1.807) is 19.1 Å². The predicted octanol–water partition coefficient (Wildman–Crippen LogP) is 3.28. The van der Waals surface area contributed by atoms with E-state index in [4.69, 9.17) is 4.74 Å². The van der Waals surface area contributed by atoms with Gasteiger partial charge in [-0.25, -0.2) is 4.79 Å². The maximum Gasteiger partial charge on any atom is 0.340 e. The Labute approximate surface area is 139 Å². The molecule has 6 heteroatoms. The van der Waals surface area contributed by atoms with Crippen LogP contribution in [0.2, 0.25) is 0 Å². The lowest BCUT2D eigenvalue weighted by Gasteiger charge is -2.02. The van der Waals surface area contributed by atoms with Crippen molar-refractivity contribution in [1.82, 2.24) is 4.98 Å². The first-order chi connectivity index (χ1) is 11.0. The number of benzene rings is 1. The number of esters is 1. The van der Waals surface area contributed by atoms with Crippen LogP contribution in [-0.2, 0) is 9.53 Å². The lowest BCUT2D eigenvalue weighted by molar-refractivity contribution is -0.110. The molecule has 5 nitrogen and oxygen atoms in total. The van der Waals surface area contributed by atoms with Crippen LogP contribution in [0.3, 0.4) is 0 Å². The van der Waals surface area contributed by atoms with Gasteiger partial charge in [-0.05, 0) is 44.2 Å². The topological polar surface area (TPSA) is 71.2 Å². The minimum absolute atomic E-state index is 0.207. The molecular formula is C17H16N2O3S. The first-order valence-corrected chi connectivity index (χ1v) is 7.67. The Morgan fingerprint density at radius 2 is 2.13 bits per heavy atom. The second-order valence-electron chi connectivity index (χ2n) is 5.24. The van der Waals surface area contributed by atoms with Crippen molar-refractivity contribution in [2.75, 3.05) is 11.9 Å². The van der Waals surface area contributed by atoms with E-state index in [0.29, 0.717) is 23.4 Å². The van der Waals surface area contributed by atoms with Gasteiger partial charge in [0.1, 0.15) is 0 Å². The van der Waals surface area contributed by atoms with E-state index in [1.165, 1.54) is 0 Å². The summed E-state index contributed by atoms with van der Waals surface area (Å²) in [5.74, 6) is -0.619. The number of nitrogens with one attached hydrogen (secondary N) is 2. The molecule has 2 aromatic rings. The number of ether oxygens (including phenoxy) is 1. The van der Waals surface area contributed by atoms with Gasteiger partial charge in [-0.3, -0.25) is 4.79 Å². The highest BCUT2D eigenvalue weighted by Crippen LogP contribution is 2.34. The summed E-state index contributed by atoms with van der Waals surface area (Å²) in [7, 11) is 0. The molecule has 1 aliphatic heterocycles. The monoisotopic (exact) mass is 328 g/mol. The van der Waals surface area contributed by atoms with Gasteiger partial charge in [0.15, 0.2) is 0 Å². The molecule has 0 aliphatic carbocycles. The molecule has 3 rings (SSSR count). The van der Waals surface area contributed by atoms with Crippen LogP contribution in [0, 0.1) is 6.92 Å². The summed E-state index contributed by atoms with van der Waals surface area (Å²) in [6.07, 6.45) is 1.67. The summed E-state index contributed by atoms with van der Waals surface area (Å²) >= 11 is 4.32. The van der Waals surface area contributed by atoms with Gasteiger partial charge in [0.05, 0.1) is 23.4 Å². The molecule has 1 aromatic carbocycles. The Bertz CT molecular complexity index is 836. The quantitative estimate of drug-likeness (QED) is 0.460. The van der Waals surface area contributed by atoms with Gasteiger partial charge in [0.25, 0.3) is 5.91 Å². The molecule has 0 saturated carbocycles. The molecule has 0 atom stereocenters. The van der Waals surface area contributed by atoms with Crippen molar-refractivity contribution in [3.63, 3.8) is 0 Å². The minimum Gasteiger partial charge on any atom is -0.462 e. The molecule has 2 heterocycles. The Morgan fingerprint density at radius 3 is 2.87 bits per heavy atom.